The standard InChI is InChI=1S/C22H29N5O4/c1-12-10-18(28)25-21(23-12)27-17(11-16(26-27)22(3,4)5)24-20(29)19-13(2)30-14-8-6-7-9-15(14)31-19/h6-9,11-13,19,21,23H,10H2,1-5H3,(H,24,29)(H,25,28). The van der Waals surface area contributed by atoms with Crippen molar-refractivity contribution >= 4 is 17.6 Å². The number of anilines is 1. The lowest BCUT2D eigenvalue weighted by Gasteiger charge is -2.32. The monoisotopic (exact) mass is 427 g/mol. The topological polar surface area (TPSA) is 107 Å². The van der Waals surface area contributed by atoms with E-state index in [2.05, 4.69) is 21.0 Å². The summed E-state index contributed by atoms with van der Waals surface area (Å²) in [6.45, 7) is 9.85. The van der Waals surface area contributed by atoms with E-state index in [0.717, 1.165) is 5.69 Å². The molecule has 3 N–H and O–H groups in total. The van der Waals surface area contributed by atoms with E-state index in [1.807, 2.05) is 52.0 Å². The number of hydrogen-bond acceptors (Lipinski definition) is 6. The average molecular weight is 428 g/mol. The SMILES string of the molecule is CC1CC(=O)NC(n2nc(C(C)(C)C)cc2NC(=O)C2Oc3ccccc3OC2C)N1. The van der Waals surface area contributed by atoms with E-state index < -0.39 is 18.5 Å². The molecule has 3 heterocycles. The molecule has 9 heteroatoms. The van der Waals surface area contributed by atoms with Crippen LogP contribution in [0.15, 0.2) is 30.3 Å². The quantitative estimate of drug-likeness (QED) is 0.694. The Morgan fingerprint density at radius 1 is 1.19 bits per heavy atom. The molecule has 4 rings (SSSR count). The number of rotatable bonds is 3. The number of para-hydroxylation sites is 2. The summed E-state index contributed by atoms with van der Waals surface area (Å²) < 4.78 is 13.4. The molecule has 1 fully saturated rings. The molecular weight excluding hydrogens is 398 g/mol. The second-order valence-corrected chi connectivity index (χ2v) is 9.15. The van der Waals surface area contributed by atoms with Crippen molar-refractivity contribution in [1.29, 1.82) is 0 Å². The second-order valence-electron chi connectivity index (χ2n) is 9.15. The van der Waals surface area contributed by atoms with Gasteiger partial charge in [0, 0.05) is 23.9 Å². The van der Waals surface area contributed by atoms with Gasteiger partial charge in [0.05, 0.1) is 5.69 Å². The van der Waals surface area contributed by atoms with Crippen molar-refractivity contribution < 1.29 is 19.1 Å². The second kappa shape index (κ2) is 7.88. The molecule has 1 aromatic heterocycles. The highest BCUT2D eigenvalue weighted by Gasteiger charge is 2.36. The minimum absolute atomic E-state index is 0.0174. The normalized spacial score (nSPS) is 25.6. The summed E-state index contributed by atoms with van der Waals surface area (Å²) in [4.78, 5) is 25.2. The van der Waals surface area contributed by atoms with Crippen molar-refractivity contribution in [2.24, 2.45) is 0 Å². The third-order valence-electron chi connectivity index (χ3n) is 5.33. The Morgan fingerprint density at radius 2 is 1.87 bits per heavy atom. The summed E-state index contributed by atoms with van der Waals surface area (Å²) >= 11 is 0. The van der Waals surface area contributed by atoms with Crippen LogP contribution in [0.3, 0.4) is 0 Å². The van der Waals surface area contributed by atoms with Crippen LogP contribution in [0.4, 0.5) is 5.82 Å². The first-order valence-corrected chi connectivity index (χ1v) is 10.5. The van der Waals surface area contributed by atoms with E-state index in [-0.39, 0.29) is 23.3 Å². The van der Waals surface area contributed by atoms with Gasteiger partial charge in [-0.05, 0) is 26.0 Å². The Morgan fingerprint density at radius 3 is 2.52 bits per heavy atom. The highest BCUT2D eigenvalue weighted by Crippen LogP contribution is 2.34. The summed E-state index contributed by atoms with van der Waals surface area (Å²) in [7, 11) is 0. The van der Waals surface area contributed by atoms with Gasteiger partial charge in [-0.2, -0.15) is 5.10 Å². The molecule has 0 radical (unpaired) electrons. The molecule has 166 valence electrons. The van der Waals surface area contributed by atoms with E-state index >= 15 is 0 Å². The van der Waals surface area contributed by atoms with Gasteiger partial charge < -0.3 is 20.1 Å². The Labute approximate surface area is 181 Å². The summed E-state index contributed by atoms with van der Waals surface area (Å²) in [5, 5.41) is 13.8. The number of fused-ring (bicyclic) bond motifs is 1. The summed E-state index contributed by atoms with van der Waals surface area (Å²) in [5.74, 6) is 1.19. The van der Waals surface area contributed by atoms with Gasteiger partial charge in [-0.25, -0.2) is 4.68 Å². The van der Waals surface area contributed by atoms with Gasteiger partial charge in [-0.3, -0.25) is 14.9 Å². The van der Waals surface area contributed by atoms with Crippen molar-refractivity contribution in [3.8, 4) is 11.5 Å². The zero-order valence-corrected chi connectivity index (χ0v) is 18.4. The van der Waals surface area contributed by atoms with E-state index in [0.29, 0.717) is 23.7 Å². The van der Waals surface area contributed by atoms with Crippen LogP contribution in [0.5, 0.6) is 11.5 Å². The molecule has 0 aliphatic carbocycles. The third kappa shape index (κ3) is 4.36. The summed E-state index contributed by atoms with van der Waals surface area (Å²) in [6.07, 6.45) is -1.48. The van der Waals surface area contributed by atoms with Gasteiger partial charge in [-0.15, -0.1) is 0 Å². The smallest absolute Gasteiger partial charge is 0.270 e. The van der Waals surface area contributed by atoms with Gasteiger partial charge in [0.15, 0.2) is 17.8 Å². The summed E-state index contributed by atoms with van der Waals surface area (Å²) in [6, 6.07) is 9.07. The third-order valence-corrected chi connectivity index (χ3v) is 5.33. The zero-order valence-electron chi connectivity index (χ0n) is 18.4. The van der Waals surface area contributed by atoms with Crippen molar-refractivity contribution in [2.75, 3.05) is 5.32 Å². The van der Waals surface area contributed by atoms with Crippen LogP contribution in [0.2, 0.25) is 0 Å². The molecule has 1 aromatic carbocycles. The average Bonchev–Trinajstić information content (AvgIpc) is 3.11. The minimum Gasteiger partial charge on any atom is -0.482 e. The molecule has 9 nitrogen and oxygen atoms in total. The number of nitrogens with one attached hydrogen (secondary N) is 3. The molecule has 2 aliphatic heterocycles. The molecular formula is C22H29N5O4. The maximum absolute atomic E-state index is 13.1. The molecule has 0 saturated carbocycles. The fourth-order valence-corrected chi connectivity index (χ4v) is 3.65. The van der Waals surface area contributed by atoms with Crippen LogP contribution in [0.1, 0.15) is 53.0 Å². The molecule has 0 spiro atoms. The van der Waals surface area contributed by atoms with Gasteiger partial charge in [0.2, 0.25) is 12.0 Å². The van der Waals surface area contributed by atoms with E-state index in [9.17, 15) is 9.59 Å². The zero-order chi connectivity index (χ0) is 22.3. The maximum Gasteiger partial charge on any atom is 0.270 e. The maximum atomic E-state index is 13.1. The number of aromatic nitrogens is 2. The number of benzene rings is 1. The van der Waals surface area contributed by atoms with Crippen LogP contribution in [-0.4, -0.2) is 39.8 Å². The lowest BCUT2D eigenvalue weighted by Crippen LogP contribution is -2.53. The highest BCUT2D eigenvalue weighted by atomic mass is 16.6. The van der Waals surface area contributed by atoms with Crippen LogP contribution >= 0.6 is 0 Å². The molecule has 2 aromatic rings. The molecule has 0 bridgehead atoms. The number of nitrogens with zero attached hydrogens (tertiary/aromatic N) is 2. The largest absolute Gasteiger partial charge is 0.482 e. The Hall–Kier alpha value is -3.07. The predicted octanol–water partition coefficient (Wildman–Crippen LogP) is 2.30. The predicted molar refractivity (Wildman–Crippen MR) is 115 cm³/mol. The number of carbonyl (C=O) groups is 2. The minimum atomic E-state index is -0.829. The fraction of sp³-hybridized carbons (Fsp3) is 0.500. The van der Waals surface area contributed by atoms with Crippen molar-refractivity contribution in [3.63, 3.8) is 0 Å². The van der Waals surface area contributed by atoms with Crippen LogP contribution in [0.25, 0.3) is 0 Å². The van der Waals surface area contributed by atoms with E-state index in [1.54, 1.807) is 17.7 Å². The van der Waals surface area contributed by atoms with Crippen molar-refractivity contribution in [2.45, 2.75) is 71.0 Å². The van der Waals surface area contributed by atoms with Gasteiger partial charge >= 0.3 is 0 Å². The number of hydrogen-bond donors (Lipinski definition) is 3. The first kappa shape index (κ1) is 21.2. The van der Waals surface area contributed by atoms with Crippen LogP contribution < -0.4 is 25.4 Å². The lowest BCUT2D eigenvalue weighted by molar-refractivity contribution is -0.128. The Kier molecular flexibility index (Phi) is 5.38. The molecule has 2 amide bonds. The first-order valence-electron chi connectivity index (χ1n) is 10.5. The van der Waals surface area contributed by atoms with Gasteiger partial charge in [-0.1, -0.05) is 32.9 Å². The molecule has 4 unspecified atom stereocenters. The van der Waals surface area contributed by atoms with Crippen LogP contribution in [0, 0.1) is 0 Å². The molecule has 4 atom stereocenters. The molecule has 2 aliphatic rings. The van der Waals surface area contributed by atoms with Gasteiger partial charge in [0.1, 0.15) is 11.9 Å². The van der Waals surface area contributed by atoms with E-state index in [4.69, 9.17) is 9.47 Å². The highest BCUT2D eigenvalue weighted by molar-refractivity contribution is 5.94. The lowest BCUT2D eigenvalue weighted by atomic mass is 9.92. The Balaban J connectivity index is 1.60. The van der Waals surface area contributed by atoms with Crippen molar-refractivity contribution in [3.05, 3.63) is 36.0 Å². The number of amides is 2. The molecule has 1 saturated heterocycles. The van der Waals surface area contributed by atoms with Gasteiger partial charge in [0.25, 0.3) is 5.91 Å². The number of carbonyl (C=O) groups excluding carboxylic acids is 2. The first-order chi connectivity index (χ1) is 14.6. The fourth-order valence-electron chi connectivity index (χ4n) is 3.65. The molecule has 31 heavy (non-hydrogen) atoms. The Bertz CT molecular complexity index is 996. The van der Waals surface area contributed by atoms with Crippen molar-refractivity contribution in [1.82, 2.24) is 20.4 Å². The summed E-state index contributed by atoms with van der Waals surface area (Å²) in [5.41, 5.74) is 0.544. The number of ether oxygens (including phenoxy) is 2. The van der Waals surface area contributed by atoms with Crippen LogP contribution in [-0.2, 0) is 15.0 Å². The van der Waals surface area contributed by atoms with E-state index in [1.165, 1.54) is 0 Å².